The number of esters is 2. The first-order valence-corrected chi connectivity index (χ1v) is 9.06. The fraction of sp³-hybridized carbons (Fsp3) is 0.412. The van der Waals surface area contributed by atoms with Crippen molar-refractivity contribution in [2.45, 2.75) is 24.6 Å². The number of carbonyl (C=O) groups excluding carboxylic acids is 4. The molecule has 0 spiro atoms. The van der Waals surface area contributed by atoms with Crippen LogP contribution < -0.4 is 10.6 Å². The molecule has 26 heavy (non-hydrogen) atoms. The first-order chi connectivity index (χ1) is 12.4. The molecule has 0 aliphatic carbocycles. The monoisotopic (exact) mass is 380 g/mol. The Labute approximate surface area is 155 Å². The normalized spacial score (nSPS) is 19.2. The van der Waals surface area contributed by atoms with Crippen LogP contribution in [0, 0.1) is 0 Å². The largest absolute Gasteiger partial charge is 0.465 e. The van der Waals surface area contributed by atoms with Gasteiger partial charge in [0.25, 0.3) is 0 Å². The summed E-state index contributed by atoms with van der Waals surface area (Å²) in [5.41, 5.74) is 0.881. The van der Waals surface area contributed by atoms with Gasteiger partial charge in [0.2, 0.25) is 11.8 Å². The number of hydrogen-bond acceptors (Lipinski definition) is 7. The van der Waals surface area contributed by atoms with Crippen molar-refractivity contribution in [2.75, 3.05) is 24.8 Å². The average molecular weight is 380 g/mol. The summed E-state index contributed by atoms with van der Waals surface area (Å²) in [4.78, 5) is 47.2. The predicted molar refractivity (Wildman–Crippen MR) is 95.8 cm³/mol. The van der Waals surface area contributed by atoms with Crippen LogP contribution in [0.25, 0.3) is 0 Å². The molecule has 0 saturated carbocycles. The van der Waals surface area contributed by atoms with Crippen molar-refractivity contribution in [1.82, 2.24) is 5.32 Å². The van der Waals surface area contributed by atoms with Crippen LogP contribution in [0.4, 0.5) is 5.69 Å². The fourth-order valence-corrected chi connectivity index (χ4v) is 3.44. The quantitative estimate of drug-likeness (QED) is 0.707. The molecule has 0 aromatic heterocycles. The number of benzene rings is 1. The van der Waals surface area contributed by atoms with E-state index in [1.54, 1.807) is 19.1 Å². The highest BCUT2D eigenvalue weighted by atomic mass is 32.2. The van der Waals surface area contributed by atoms with Gasteiger partial charge in [-0.05, 0) is 31.2 Å². The summed E-state index contributed by atoms with van der Waals surface area (Å²) < 4.78 is 9.48. The molecule has 1 aromatic rings. The molecule has 9 heteroatoms. The number of rotatable bonds is 6. The molecule has 0 unspecified atom stereocenters. The molecule has 1 aliphatic heterocycles. The lowest BCUT2D eigenvalue weighted by Gasteiger charge is -2.27. The molecule has 1 fully saturated rings. The van der Waals surface area contributed by atoms with Crippen LogP contribution >= 0.6 is 11.8 Å². The first-order valence-electron chi connectivity index (χ1n) is 8.01. The van der Waals surface area contributed by atoms with Crippen molar-refractivity contribution >= 4 is 41.2 Å². The molecule has 1 aliphatic rings. The van der Waals surface area contributed by atoms with E-state index in [0.29, 0.717) is 17.0 Å². The van der Waals surface area contributed by atoms with E-state index in [-0.39, 0.29) is 24.8 Å². The minimum Gasteiger partial charge on any atom is -0.465 e. The summed E-state index contributed by atoms with van der Waals surface area (Å²) in [5, 5.41) is 4.68. The summed E-state index contributed by atoms with van der Waals surface area (Å²) in [7, 11) is 1.29. The number of methoxy groups -OCH3 is 1. The Morgan fingerprint density at radius 3 is 2.54 bits per heavy atom. The van der Waals surface area contributed by atoms with Crippen molar-refractivity contribution in [3.8, 4) is 0 Å². The minimum absolute atomic E-state index is 0.0230. The number of amides is 2. The van der Waals surface area contributed by atoms with E-state index in [9.17, 15) is 19.2 Å². The van der Waals surface area contributed by atoms with Crippen LogP contribution in [0.5, 0.6) is 0 Å². The van der Waals surface area contributed by atoms with Crippen LogP contribution in [0.3, 0.4) is 0 Å². The highest BCUT2D eigenvalue weighted by Crippen LogP contribution is 2.22. The number of carbonyl (C=O) groups is 4. The van der Waals surface area contributed by atoms with E-state index in [1.807, 2.05) is 0 Å². The van der Waals surface area contributed by atoms with E-state index in [2.05, 4.69) is 15.4 Å². The van der Waals surface area contributed by atoms with E-state index in [0.717, 1.165) is 0 Å². The molecule has 1 saturated heterocycles. The fourth-order valence-electron chi connectivity index (χ4n) is 2.30. The minimum atomic E-state index is -0.683. The Balaban J connectivity index is 1.85. The Kier molecular flexibility index (Phi) is 7.02. The maximum atomic E-state index is 12.1. The SMILES string of the molecule is CCOC(=O)[C@H]1CS[C@@H](CC(=O)Nc2ccc(C(=O)OC)cc2)C(=O)N1. The molecule has 2 rings (SSSR count). The molecule has 1 heterocycles. The summed E-state index contributed by atoms with van der Waals surface area (Å²) >= 11 is 1.25. The molecule has 0 bridgehead atoms. The lowest BCUT2D eigenvalue weighted by molar-refractivity contribution is -0.146. The summed E-state index contributed by atoms with van der Waals surface area (Å²) in [6, 6.07) is 5.54. The van der Waals surface area contributed by atoms with E-state index in [1.165, 1.54) is 31.0 Å². The van der Waals surface area contributed by atoms with Gasteiger partial charge in [0, 0.05) is 17.9 Å². The highest BCUT2D eigenvalue weighted by Gasteiger charge is 2.34. The zero-order valence-electron chi connectivity index (χ0n) is 14.4. The van der Waals surface area contributed by atoms with Crippen molar-refractivity contribution in [2.24, 2.45) is 0 Å². The van der Waals surface area contributed by atoms with Crippen LogP contribution in [0.2, 0.25) is 0 Å². The second-order valence-corrected chi connectivity index (χ2v) is 6.69. The predicted octanol–water partition coefficient (Wildman–Crippen LogP) is 0.965. The van der Waals surface area contributed by atoms with E-state index in [4.69, 9.17) is 4.74 Å². The van der Waals surface area contributed by atoms with Gasteiger partial charge in [-0.1, -0.05) is 0 Å². The molecule has 0 radical (unpaired) electrons. The second kappa shape index (κ2) is 9.23. The maximum absolute atomic E-state index is 12.1. The van der Waals surface area contributed by atoms with Gasteiger partial charge in [-0.25, -0.2) is 9.59 Å². The van der Waals surface area contributed by atoms with Gasteiger partial charge in [0.1, 0.15) is 6.04 Å². The van der Waals surface area contributed by atoms with E-state index >= 15 is 0 Å². The third-order valence-corrected chi connectivity index (χ3v) is 4.91. The number of hydrogen-bond donors (Lipinski definition) is 2. The number of thioether (sulfide) groups is 1. The van der Waals surface area contributed by atoms with Gasteiger partial charge in [-0.15, -0.1) is 11.8 Å². The Bertz CT molecular complexity index is 691. The Morgan fingerprint density at radius 1 is 1.27 bits per heavy atom. The third kappa shape index (κ3) is 5.22. The van der Waals surface area contributed by atoms with Crippen molar-refractivity contribution in [3.05, 3.63) is 29.8 Å². The van der Waals surface area contributed by atoms with Gasteiger partial charge in [-0.2, -0.15) is 0 Å². The number of ether oxygens (including phenoxy) is 2. The Morgan fingerprint density at radius 2 is 1.96 bits per heavy atom. The van der Waals surface area contributed by atoms with Crippen molar-refractivity contribution in [1.29, 1.82) is 0 Å². The van der Waals surface area contributed by atoms with Crippen LogP contribution in [-0.2, 0) is 23.9 Å². The highest BCUT2D eigenvalue weighted by molar-refractivity contribution is 8.00. The lowest BCUT2D eigenvalue weighted by Crippen LogP contribution is -2.51. The number of anilines is 1. The standard InChI is InChI=1S/C17H20N2O6S/c1-3-25-17(23)12-9-26-13(15(21)19-12)8-14(20)18-11-6-4-10(5-7-11)16(22)24-2/h4-7,12-13H,3,8-9H2,1-2H3,(H,18,20)(H,19,21)/t12-,13+/m1/s1. The van der Waals surface area contributed by atoms with Crippen molar-refractivity contribution < 1.29 is 28.7 Å². The first kappa shape index (κ1) is 19.8. The zero-order chi connectivity index (χ0) is 19.1. The molecule has 2 N–H and O–H groups in total. The van der Waals surface area contributed by atoms with Gasteiger partial charge in [0.15, 0.2) is 0 Å². The summed E-state index contributed by atoms with van der Waals surface area (Å²) in [6.45, 7) is 1.94. The topological polar surface area (TPSA) is 111 Å². The van der Waals surface area contributed by atoms with E-state index < -0.39 is 23.2 Å². The molecular weight excluding hydrogens is 360 g/mol. The molecule has 2 amide bonds. The second-order valence-electron chi connectivity index (χ2n) is 5.46. The number of nitrogens with one attached hydrogen (secondary N) is 2. The molecule has 8 nitrogen and oxygen atoms in total. The van der Waals surface area contributed by atoms with Crippen LogP contribution in [-0.4, -0.2) is 54.5 Å². The summed E-state index contributed by atoms with van der Waals surface area (Å²) in [5.74, 6) is -1.28. The van der Waals surface area contributed by atoms with Crippen LogP contribution in [0.15, 0.2) is 24.3 Å². The van der Waals surface area contributed by atoms with Gasteiger partial charge in [0.05, 0.1) is 24.5 Å². The molecule has 2 atom stereocenters. The zero-order valence-corrected chi connectivity index (χ0v) is 15.3. The maximum Gasteiger partial charge on any atom is 0.337 e. The molecular formula is C17H20N2O6S. The van der Waals surface area contributed by atoms with Crippen molar-refractivity contribution in [3.63, 3.8) is 0 Å². The van der Waals surface area contributed by atoms with Gasteiger partial charge >= 0.3 is 11.9 Å². The average Bonchev–Trinajstić information content (AvgIpc) is 2.63. The summed E-state index contributed by atoms with van der Waals surface area (Å²) in [6.07, 6.45) is -0.0230. The molecule has 140 valence electrons. The third-order valence-electron chi connectivity index (χ3n) is 3.60. The Hall–Kier alpha value is -2.55. The molecule has 1 aromatic carbocycles. The van der Waals surface area contributed by atoms with Gasteiger partial charge < -0.3 is 20.1 Å². The van der Waals surface area contributed by atoms with Gasteiger partial charge in [-0.3, -0.25) is 9.59 Å². The smallest absolute Gasteiger partial charge is 0.337 e. The lowest BCUT2D eigenvalue weighted by atomic mass is 10.2. The van der Waals surface area contributed by atoms with Crippen LogP contribution in [0.1, 0.15) is 23.7 Å².